The molecule has 4 aromatic rings. The van der Waals surface area contributed by atoms with Gasteiger partial charge in [0, 0.05) is 23.2 Å². The summed E-state index contributed by atoms with van der Waals surface area (Å²) in [5, 5.41) is 2.26. The summed E-state index contributed by atoms with van der Waals surface area (Å²) in [6, 6.07) is 10.2. The highest BCUT2D eigenvalue weighted by atomic mass is 14.9. The van der Waals surface area contributed by atoms with Gasteiger partial charge in [-0.1, -0.05) is 0 Å². The summed E-state index contributed by atoms with van der Waals surface area (Å²) in [5.74, 6) is 0. The van der Waals surface area contributed by atoms with Crippen molar-refractivity contribution in [1.29, 1.82) is 0 Å². The summed E-state index contributed by atoms with van der Waals surface area (Å²) >= 11 is 0. The summed E-state index contributed by atoms with van der Waals surface area (Å²) in [6.07, 6.45) is 5.55. The number of H-pyrrole nitrogens is 2. The molecule has 18 heavy (non-hydrogen) atoms. The third-order valence-corrected chi connectivity index (χ3v) is 3.11. The van der Waals surface area contributed by atoms with Gasteiger partial charge in [0.15, 0.2) is 0 Å². The lowest BCUT2D eigenvalue weighted by molar-refractivity contribution is 1.28. The molecule has 0 aromatic carbocycles. The Bertz CT molecular complexity index is 808. The van der Waals surface area contributed by atoms with E-state index in [0.29, 0.717) is 0 Å². The smallest absolute Gasteiger partial charge is 0.137 e. The Balaban J connectivity index is 1.94. The Morgan fingerprint density at radius 3 is 2.94 bits per heavy atom. The first-order chi connectivity index (χ1) is 8.90. The minimum absolute atomic E-state index is 0.892. The van der Waals surface area contributed by atoms with Crippen molar-refractivity contribution in [2.24, 2.45) is 0 Å². The molecule has 0 fully saturated rings. The number of nitrogens with one attached hydrogen (secondary N) is 2. The molecule has 4 rings (SSSR count). The monoisotopic (exact) mass is 234 g/mol. The summed E-state index contributed by atoms with van der Waals surface area (Å²) in [4.78, 5) is 15.2. The van der Waals surface area contributed by atoms with Crippen LogP contribution in [0.2, 0.25) is 0 Å². The molecule has 0 aliphatic heterocycles. The molecule has 0 spiro atoms. The number of hydrogen-bond donors (Lipinski definition) is 2. The standard InChI is InChI=1S/C14H10N4/c1-2-10-7-12(18-14(10)16-4-1)11-6-9-3-5-15-13(9)8-17-11/h1-8,15H,(H,16,18). The van der Waals surface area contributed by atoms with E-state index in [1.807, 2.05) is 30.6 Å². The topological polar surface area (TPSA) is 57.4 Å². The molecule has 2 N–H and O–H groups in total. The average Bonchev–Trinajstić information content (AvgIpc) is 3.04. The van der Waals surface area contributed by atoms with Gasteiger partial charge in [0.05, 0.1) is 23.1 Å². The number of aromatic amines is 2. The van der Waals surface area contributed by atoms with Crippen LogP contribution in [0.5, 0.6) is 0 Å². The quantitative estimate of drug-likeness (QED) is 0.531. The zero-order valence-corrected chi connectivity index (χ0v) is 9.51. The van der Waals surface area contributed by atoms with Crippen LogP contribution in [0.15, 0.2) is 48.9 Å². The molecule has 4 heterocycles. The number of aromatic nitrogens is 4. The van der Waals surface area contributed by atoms with E-state index in [2.05, 4.69) is 32.1 Å². The van der Waals surface area contributed by atoms with Gasteiger partial charge in [0.2, 0.25) is 0 Å². The first-order valence-corrected chi connectivity index (χ1v) is 5.77. The lowest BCUT2D eigenvalue weighted by atomic mass is 10.2. The van der Waals surface area contributed by atoms with Gasteiger partial charge >= 0.3 is 0 Å². The van der Waals surface area contributed by atoms with Crippen LogP contribution in [0.1, 0.15) is 0 Å². The molecule has 86 valence electrons. The molecule has 0 saturated carbocycles. The normalized spacial score (nSPS) is 11.3. The van der Waals surface area contributed by atoms with Gasteiger partial charge in [0.1, 0.15) is 5.65 Å². The van der Waals surface area contributed by atoms with Gasteiger partial charge in [-0.2, -0.15) is 0 Å². The van der Waals surface area contributed by atoms with Gasteiger partial charge in [-0.05, 0) is 30.3 Å². The van der Waals surface area contributed by atoms with Crippen molar-refractivity contribution >= 4 is 21.9 Å². The van der Waals surface area contributed by atoms with Gasteiger partial charge in [-0.15, -0.1) is 0 Å². The van der Waals surface area contributed by atoms with Crippen LogP contribution in [0.4, 0.5) is 0 Å². The van der Waals surface area contributed by atoms with Crippen LogP contribution < -0.4 is 0 Å². The fourth-order valence-electron chi connectivity index (χ4n) is 2.19. The Morgan fingerprint density at radius 2 is 2.00 bits per heavy atom. The second-order valence-electron chi connectivity index (χ2n) is 4.26. The SMILES string of the molecule is c1cnc2[nH]c(-c3cc4cc[nH]c4cn3)cc2c1. The summed E-state index contributed by atoms with van der Waals surface area (Å²) in [5.41, 5.74) is 3.86. The Kier molecular flexibility index (Phi) is 1.80. The maximum atomic E-state index is 4.45. The van der Waals surface area contributed by atoms with Gasteiger partial charge < -0.3 is 9.97 Å². The zero-order chi connectivity index (χ0) is 11.9. The van der Waals surface area contributed by atoms with Gasteiger partial charge in [-0.25, -0.2) is 4.98 Å². The van der Waals surface area contributed by atoms with E-state index in [1.54, 1.807) is 6.20 Å². The zero-order valence-electron chi connectivity index (χ0n) is 9.51. The number of nitrogens with zero attached hydrogens (tertiary/aromatic N) is 2. The highest BCUT2D eigenvalue weighted by Gasteiger charge is 2.06. The third-order valence-electron chi connectivity index (χ3n) is 3.11. The average molecular weight is 234 g/mol. The highest BCUT2D eigenvalue weighted by Crippen LogP contribution is 2.23. The molecular weight excluding hydrogens is 224 g/mol. The summed E-state index contributed by atoms with van der Waals surface area (Å²) in [7, 11) is 0. The summed E-state index contributed by atoms with van der Waals surface area (Å²) < 4.78 is 0. The third kappa shape index (κ3) is 1.32. The van der Waals surface area contributed by atoms with E-state index < -0.39 is 0 Å². The Hall–Kier alpha value is -2.62. The molecule has 0 atom stereocenters. The molecule has 4 aromatic heterocycles. The first-order valence-electron chi connectivity index (χ1n) is 5.77. The first kappa shape index (κ1) is 9.41. The van der Waals surface area contributed by atoms with E-state index in [-0.39, 0.29) is 0 Å². The van der Waals surface area contributed by atoms with Crippen LogP contribution in [0.3, 0.4) is 0 Å². The lowest BCUT2D eigenvalue weighted by Gasteiger charge is -1.96. The van der Waals surface area contributed by atoms with Crippen molar-refractivity contribution < 1.29 is 0 Å². The van der Waals surface area contributed by atoms with Crippen LogP contribution in [-0.2, 0) is 0 Å². The number of pyridine rings is 2. The maximum Gasteiger partial charge on any atom is 0.137 e. The van der Waals surface area contributed by atoms with E-state index in [1.165, 1.54) is 0 Å². The van der Waals surface area contributed by atoms with Crippen LogP contribution in [0, 0.1) is 0 Å². The van der Waals surface area contributed by atoms with Crippen molar-refractivity contribution in [3.8, 4) is 11.4 Å². The van der Waals surface area contributed by atoms with E-state index >= 15 is 0 Å². The fraction of sp³-hybridized carbons (Fsp3) is 0. The Morgan fingerprint density at radius 1 is 1.00 bits per heavy atom. The van der Waals surface area contributed by atoms with E-state index in [4.69, 9.17) is 0 Å². The molecule has 0 radical (unpaired) electrons. The van der Waals surface area contributed by atoms with Crippen molar-refractivity contribution in [3.05, 3.63) is 48.9 Å². The molecular formula is C14H10N4. The van der Waals surface area contributed by atoms with Gasteiger partial charge in [-0.3, -0.25) is 4.98 Å². The van der Waals surface area contributed by atoms with Crippen LogP contribution in [-0.4, -0.2) is 19.9 Å². The predicted octanol–water partition coefficient (Wildman–Crippen LogP) is 3.11. The molecule has 0 aliphatic carbocycles. The minimum Gasteiger partial charge on any atom is -0.360 e. The number of hydrogen-bond acceptors (Lipinski definition) is 2. The second-order valence-corrected chi connectivity index (χ2v) is 4.26. The largest absolute Gasteiger partial charge is 0.360 e. The number of fused-ring (bicyclic) bond motifs is 2. The molecule has 0 aliphatic rings. The molecule has 4 heteroatoms. The molecule has 0 bridgehead atoms. The van der Waals surface area contributed by atoms with Crippen LogP contribution in [0.25, 0.3) is 33.3 Å². The highest BCUT2D eigenvalue weighted by molar-refractivity contribution is 5.86. The molecule has 0 saturated heterocycles. The molecule has 4 nitrogen and oxygen atoms in total. The second kappa shape index (κ2) is 3.43. The predicted molar refractivity (Wildman–Crippen MR) is 71.2 cm³/mol. The maximum absolute atomic E-state index is 4.45. The van der Waals surface area contributed by atoms with Crippen molar-refractivity contribution in [1.82, 2.24) is 19.9 Å². The molecule has 0 unspecified atom stereocenters. The van der Waals surface area contributed by atoms with E-state index in [0.717, 1.165) is 33.3 Å². The fourth-order valence-corrected chi connectivity index (χ4v) is 2.19. The van der Waals surface area contributed by atoms with Crippen molar-refractivity contribution in [2.75, 3.05) is 0 Å². The van der Waals surface area contributed by atoms with Crippen molar-refractivity contribution in [2.45, 2.75) is 0 Å². The molecule has 0 amide bonds. The summed E-state index contributed by atoms with van der Waals surface area (Å²) in [6.45, 7) is 0. The van der Waals surface area contributed by atoms with Crippen LogP contribution >= 0.6 is 0 Å². The van der Waals surface area contributed by atoms with E-state index in [9.17, 15) is 0 Å². The lowest BCUT2D eigenvalue weighted by Crippen LogP contribution is -1.83. The Labute approximate surface area is 103 Å². The minimum atomic E-state index is 0.892. The van der Waals surface area contributed by atoms with Crippen molar-refractivity contribution in [3.63, 3.8) is 0 Å². The number of rotatable bonds is 1. The van der Waals surface area contributed by atoms with Gasteiger partial charge in [0.25, 0.3) is 0 Å².